The summed E-state index contributed by atoms with van der Waals surface area (Å²) in [5.41, 5.74) is 3.12. The first kappa shape index (κ1) is 27.5. The number of rotatable bonds is 7. The molecule has 7 heteroatoms. The van der Waals surface area contributed by atoms with Crippen LogP contribution in [-0.4, -0.2) is 25.0 Å². The van der Waals surface area contributed by atoms with Crippen molar-refractivity contribution in [3.05, 3.63) is 138 Å². The van der Waals surface area contributed by atoms with Crippen molar-refractivity contribution in [2.24, 2.45) is 0 Å². The van der Waals surface area contributed by atoms with Crippen molar-refractivity contribution >= 4 is 46.1 Å². The van der Waals surface area contributed by atoms with Crippen LogP contribution in [-0.2, 0) is 16.2 Å². The normalized spacial score (nSPS) is 14.5. The van der Waals surface area contributed by atoms with Gasteiger partial charge in [-0.1, -0.05) is 90.5 Å². The number of fused-ring (bicyclic) bond motifs is 1. The quantitative estimate of drug-likeness (QED) is 0.152. The second kappa shape index (κ2) is 11.7. The lowest BCUT2D eigenvalue weighted by Gasteiger charge is -2.34. The second-order valence-electron chi connectivity index (χ2n) is 10.1. The van der Waals surface area contributed by atoms with E-state index in [1.54, 1.807) is 42.5 Å². The van der Waals surface area contributed by atoms with E-state index in [2.05, 4.69) is 0 Å². The first-order valence-corrected chi connectivity index (χ1v) is 13.8. The summed E-state index contributed by atoms with van der Waals surface area (Å²) in [6, 6.07) is 34.1. The topological polar surface area (TPSA) is 76.2 Å². The maximum atomic E-state index is 14.0. The van der Waals surface area contributed by atoms with Crippen LogP contribution in [0, 0.1) is 6.92 Å². The molecule has 0 saturated carbocycles. The van der Waals surface area contributed by atoms with Crippen molar-refractivity contribution in [1.82, 2.24) is 0 Å². The zero-order chi connectivity index (χ0) is 29.9. The molecule has 43 heavy (non-hydrogen) atoms. The molecule has 0 aliphatic carbocycles. The smallest absolute Gasteiger partial charge is 0.343 e. The second-order valence-corrected chi connectivity index (χ2v) is 10.1. The Labute approximate surface area is 249 Å². The van der Waals surface area contributed by atoms with E-state index in [9.17, 15) is 14.4 Å². The third-order valence-corrected chi connectivity index (χ3v) is 7.29. The van der Waals surface area contributed by atoms with Crippen LogP contribution in [0.3, 0.4) is 0 Å². The zero-order valence-corrected chi connectivity index (χ0v) is 23.7. The van der Waals surface area contributed by atoms with Gasteiger partial charge in [0.1, 0.15) is 12.2 Å². The number of hydrogen-bond acceptors (Lipinski definition) is 5. The van der Waals surface area contributed by atoms with Crippen LogP contribution in [0.2, 0.25) is 0 Å². The molecule has 0 radical (unpaired) electrons. The number of imide groups is 2. The van der Waals surface area contributed by atoms with Crippen molar-refractivity contribution in [2.75, 3.05) is 16.9 Å². The lowest BCUT2D eigenvalue weighted by molar-refractivity contribution is -0.121. The number of hydrogen-bond donors (Lipinski definition) is 0. The van der Waals surface area contributed by atoms with E-state index in [1.165, 1.54) is 13.2 Å². The molecule has 212 valence electrons. The van der Waals surface area contributed by atoms with Gasteiger partial charge in [-0.3, -0.25) is 9.59 Å². The number of aryl methyl sites for hydroxylation is 1. The molecule has 0 aromatic heterocycles. The summed E-state index contributed by atoms with van der Waals surface area (Å²) >= 11 is 0. The van der Waals surface area contributed by atoms with E-state index in [1.807, 2.05) is 79.7 Å². The highest BCUT2D eigenvalue weighted by molar-refractivity contribution is 6.46. The Hall–Kier alpha value is -5.69. The van der Waals surface area contributed by atoms with Crippen LogP contribution < -0.4 is 19.3 Å². The van der Waals surface area contributed by atoms with Crippen molar-refractivity contribution in [1.29, 1.82) is 0 Å². The number of barbiturate groups is 1. The first-order chi connectivity index (χ1) is 20.9. The molecule has 1 saturated heterocycles. The Morgan fingerprint density at radius 2 is 1.40 bits per heavy atom. The number of nitrogens with zero attached hydrogens (tertiary/aromatic N) is 2. The summed E-state index contributed by atoms with van der Waals surface area (Å²) < 4.78 is 11.6. The minimum Gasteiger partial charge on any atom is -0.493 e. The Balaban J connectivity index is 1.42. The van der Waals surface area contributed by atoms with Gasteiger partial charge in [0.05, 0.1) is 18.5 Å². The van der Waals surface area contributed by atoms with Gasteiger partial charge in [0.25, 0.3) is 11.8 Å². The highest BCUT2D eigenvalue weighted by atomic mass is 16.5. The molecule has 1 fully saturated rings. The summed E-state index contributed by atoms with van der Waals surface area (Å²) in [5, 5.41) is 1.58. The molecule has 1 heterocycles. The summed E-state index contributed by atoms with van der Waals surface area (Å²) in [7, 11) is 1.53. The number of urea groups is 1. The maximum Gasteiger partial charge on any atom is 0.343 e. The predicted molar refractivity (Wildman–Crippen MR) is 167 cm³/mol. The van der Waals surface area contributed by atoms with Gasteiger partial charge < -0.3 is 9.47 Å². The van der Waals surface area contributed by atoms with Gasteiger partial charge in [-0.15, -0.1) is 0 Å². The average Bonchev–Trinajstić information content (AvgIpc) is 3.04. The minimum atomic E-state index is -0.741. The molecule has 6 rings (SSSR count). The largest absolute Gasteiger partial charge is 0.493 e. The number of anilines is 2. The summed E-state index contributed by atoms with van der Waals surface area (Å²) in [6.45, 7) is 2.27. The van der Waals surface area contributed by atoms with Gasteiger partial charge in [-0.2, -0.15) is 0 Å². The molecule has 1 aliphatic heterocycles. The van der Waals surface area contributed by atoms with E-state index >= 15 is 0 Å². The highest BCUT2D eigenvalue weighted by Crippen LogP contribution is 2.35. The molecule has 7 nitrogen and oxygen atoms in total. The van der Waals surface area contributed by atoms with E-state index in [4.69, 9.17) is 9.47 Å². The Morgan fingerprint density at radius 1 is 0.698 bits per heavy atom. The van der Waals surface area contributed by atoms with E-state index < -0.39 is 17.8 Å². The molecule has 0 spiro atoms. The Kier molecular flexibility index (Phi) is 7.45. The Bertz CT molecular complexity index is 1870. The molecule has 4 amide bonds. The van der Waals surface area contributed by atoms with Crippen LogP contribution >= 0.6 is 0 Å². The number of carbonyl (C=O) groups is 3. The van der Waals surface area contributed by atoms with Crippen molar-refractivity contribution in [3.63, 3.8) is 0 Å². The van der Waals surface area contributed by atoms with Gasteiger partial charge in [0.2, 0.25) is 0 Å². The summed E-state index contributed by atoms with van der Waals surface area (Å²) in [4.78, 5) is 44.0. The molecule has 0 N–H and O–H groups in total. The van der Waals surface area contributed by atoms with E-state index in [-0.39, 0.29) is 5.57 Å². The molecule has 0 unspecified atom stereocenters. The number of amides is 4. The number of ether oxygens (including phenoxy) is 2. The van der Waals surface area contributed by atoms with Crippen LogP contribution in [0.5, 0.6) is 11.5 Å². The van der Waals surface area contributed by atoms with Crippen LogP contribution in [0.4, 0.5) is 16.2 Å². The third-order valence-electron chi connectivity index (χ3n) is 7.29. The summed E-state index contributed by atoms with van der Waals surface area (Å²) in [5.74, 6) is -0.459. The molecule has 0 atom stereocenters. The molecule has 1 aliphatic rings. The van der Waals surface area contributed by atoms with Crippen molar-refractivity contribution < 1.29 is 23.9 Å². The lowest BCUT2D eigenvalue weighted by Crippen LogP contribution is -2.57. The fourth-order valence-electron chi connectivity index (χ4n) is 5.06. The predicted octanol–water partition coefficient (Wildman–Crippen LogP) is 7.32. The number of carbonyl (C=O) groups excluding carboxylic acids is 3. The van der Waals surface area contributed by atoms with Gasteiger partial charge in [0.15, 0.2) is 11.5 Å². The van der Waals surface area contributed by atoms with E-state index in [0.717, 1.165) is 26.3 Å². The monoisotopic (exact) mass is 568 g/mol. The van der Waals surface area contributed by atoms with Crippen LogP contribution in [0.1, 0.15) is 16.7 Å². The van der Waals surface area contributed by atoms with Gasteiger partial charge in [0, 0.05) is 5.39 Å². The fourth-order valence-corrected chi connectivity index (χ4v) is 5.06. The SMILES string of the molecule is COc1cc(/C=C2\C(=O)N(c3ccc(C)cc3)C(=O)N(c3cccc4ccccc34)C2=O)ccc1OCc1ccccc1. The van der Waals surface area contributed by atoms with Crippen LogP contribution in [0.25, 0.3) is 16.8 Å². The highest BCUT2D eigenvalue weighted by Gasteiger charge is 2.44. The number of benzene rings is 5. The number of methoxy groups -OCH3 is 1. The fraction of sp³-hybridized carbons (Fsp3) is 0.0833. The van der Waals surface area contributed by atoms with Gasteiger partial charge >= 0.3 is 6.03 Å². The first-order valence-electron chi connectivity index (χ1n) is 13.8. The third kappa shape index (κ3) is 5.36. The molecular weight excluding hydrogens is 540 g/mol. The zero-order valence-electron chi connectivity index (χ0n) is 23.7. The van der Waals surface area contributed by atoms with Gasteiger partial charge in [-0.25, -0.2) is 14.6 Å². The van der Waals surface area contributed by atoms with Crippen molar-refractivity contribution in [3.8, 4) is 11.5 Å². The Morgan fingerprint density at radius 3 is 2.16 bits per heavy atom. The summed E-state index contributed by atoms with van der Waals surface area (Å²) in [6.07, 6.45) is 1.49. The van der Waals surface area contributed by atoms with Crippen molar-refractivity contribution in [2.45, 2.75) is 13.5 Å². The van der Waals surface area contributed by atoms with E-state index in [0.29, 0.717) is 40.4 Å². The maximum absolute atomic E-state index is 14.0. The molecule has 5 aromatic carbocycles. The van der Waals surface area contributed by atoms with Gasteiger partial charge in [-0.05, 0) is 59.8 Å². The molecular formula is C36H28N2O5. The lowest BCUT2D eigenvalue weighted by atomic mass is 10.0. The van der Waals surface area contributed by atoms with Crippen LogP contribution in [0.15, 0.2) is 121 Å². The average molecular weight is 569 g/mol. The molecule has 0 bridgehead atoms. The standard InChI is InChI=1S/C36H28N2O5/c1-24-15-18-28(19-16-24)37-34(39)30(35(40)38(36(37)41)31-14-8-12-27-11-6-7-13-29(27)31)21-26-17-20-32(33(22-26)42-2)43-23-25-9-4-3-5-10-25/h3-22H,23H2,1-2H3/b30-21+. The molecule has 5 aromatic rings. The minimum absolute atomic E-state index is 0.159.